The van der Waals surface area contributed by atoms with Crippen molar-refractivity contribution in [1.82, 2.24) is 10.6 Å². The van der Waals surface area contributed by atoms with E-state index in [1.165, 1.54) is 12.1 Å². The molecule has 0 atom stereocenters. The minimum absolute atomic E-state index is 0. The first-order valence-electron chi connectivity index (χ1n) is 5.97. The number of halogens is 2. The van der Waals surface area contributed by atoms with Crippen LogP contribution in [-0.2, 0) is 0 Å². The standard InChI is InChI=1S/C13H20FN3S.HI/c1-10(2)17-13(15-3)16-8-9-18-12-6-4-11(14)5-7-12;/h4-7,10H,8-9H2,1-3H3,(H2,15,16,17);1H. The second-order valence-corrected chi connectivity index (χ2v) is 5.27. The average molecular weight is 397 g/mol. The van der Waals surface area contributed by atoms with Crippen LogP contribution in [0, 0.1) is 5.82 Å². The highest BCUT2D eigenvalue weighted by atomic mass is 127. The Morgan fingerprint density at radius 1 is 1.32 bits per heavy atom. The first-order chi connectivity index (χ1) is 8.61. The Bertz CT molecular complexity index is 382. The summed E-state index contributed by atoms with van der Waals surface area (Å²) in [5, 5.41) is 6.44. The molecular formula is C13H21FIN3S. The lowest BCUT2D eigenvalue weighted by molar-refractivity contribution is 0.626. The van der Waals surface area contributed by atoms with Gasteiger partial charge in [0, 0.05) is 30.3 Å². The fourth-order valence-electron chi connectivity index (χ4n) is 1.34. The van der Waals surface area contributed by atoms with Crippen molar-refractivity contribution < 1.29 is 4.39 Å². The minimum Gasteiger partial charge on any atom is -0.356 e. The molecule has 0 heterocycles. The van der Waals surface area contributed by atoms with Crippen LogP contribution in [0.25, 0.3) is 0 Å². The topological polar surface area (TPSA) is 36.4 Å². The molecular weight excluding hydrogens is 376 g/mol. The van der Waals surface area contributed by atoms with Crippen LogP contribution in [0.1, 0.15) is 13.8 Å². The highest BCUT2D eigenvalue weighted by Crippen LogP contribution is 2.16. The SMILES string of the molecule is CN=C(NCCSc1ccc(F)cc1)NC(C)C.I. The van der Waals surface area contributed by atoms with Crippen LogP contribution in [0.15, 0.2) is 34.2 Å². The Hall–Kier alpha value is -0.500. The zero-order chi connectivity index (χ0) is 13.4. The molecule has 0 spiro atoms. The molecule has 0 amide bonds. The van der Waals surface area contributed by atoms with E-state index in [4.69, 9.17) is 0 Å². The molecule has 0 aromatic heterocycles. The van der Waals surface area contributed by atoms with Gasteiger partial charge in [0.25, 0.3) is 0 Å². The van der Waals surface area contributed by atoms with E-state index in [2.05, 4.69) is 29.5 Å². The van der Waals surface area contributed by atoms with Gasteiger partial charge in [0.05, 0.1) is 0 Å². The van der Waals surface area contributed by atoms with E-state index in [9.17, 15) is 4.39 Å². The average Bonchev–Trinajstić information content (AvgIpc) is 2.34. The van der Waals surface area contributed by atoms with Crippen LogP contribution in [-0.4, -0.2) is 31.3 Å². The first-order valence-corrected chi connectivity index (χ1v) is 6.96. The number of thioether (sulfide) groups is 1. The van der Waals surface area contributed by atoms with Crippen molar-refractivity contribution in [3.05, 3.63) is 30.1 Å². The normalized spacial score (nSPS) is 11.1. The molecule has 0 saturated heterocycles. The molecule has 0 aliphatic rings. The van der Waals surface area contributed by atoms with Gasteiger partial charge in [-0.1, -0.05) is 0 Å². The number of nitrogens with one attached hydrogen (secondary N) is 2. The molecule has 0 aliphatic carbocycles. The first kappa shape index (κ1) is 18.5. The molecule has 2 N–H and O–H groups in total. The molecule has 6 heteroatoms. The van der Waals surface area contributed by atoms with Crippen LogP contribution < -0.4 is 10.6 Å². The van der Waals surface area contributed by atoms with Crippen LogP contribution in [0.5, 0.6) is 0 Å². The van der Waals surface area contributed by atoms with E-state index in [-0.39, 0.29) is 29.8 Å². The third kappa shape index (κ3) is 8.30. The number of benzene rings is 1. The molecule has 0 saturated carbocycles. The Balaban J connectivity index is 0.00000324. The predicted molar refractivity (Wildman–Crippen MR) is 92.2 cm³/mol. The molecule has 0 bridgehead atoms. The predicted octanol–water partition coefficient (Wildman–Crippen LogP) is 3.11. The maximum absolute atomic E-state index is 12.7. The van der Waals surface area contributed by atoms with E-state index in [1.54, 1.807) is 30.9 Å². The van der Waals surface area contributed by atoms with Gasteiger partial charge in [-0.15, -0.1) is 35.7 Å². The van der Waals surface area contributed by atoms with E-state index in [0.29, 0.717) is 6.04 Å². The van der Waals surface area contributed by atoms with Crippen LogP contribution >= 0.6 is 35.7 Å². The third-order valence-electron chi connectivity index (χ3n) is 2.13. The van der Waals surface area contributed by atoms with Crippen molar-refractivity contribution in [2.75, 3.05) is 19.3 Å². The fraction of sp³-hybridized carbons (Fsp3) is 0.462. The van der Waals surface area contributed by atoms with E-state index >= 15 is 0 Å². The van der Waals surface area contributed by atoms with E-state index in [1.807, 2.05) is 0 Å². The lowest BCUT2D eigenvalue weighted by atomic mass is 10.4. The van der Waals surface area contributed by atoms with E-state index in [0.717, 1.165) is 23.2 Å². The molecule has 19 heavy (non-hydrogen) atoms. The maximum Gasteiger partial charge on any atom is 0.191 e. The largest absolute Gasteiger partial charge is 0.356 e. The summed E-state index contributed by atoms with van der Waals surface area (Å²) in [5.41, 5.74) is 0. The summed E-state index contributed by atoms with van der Waals surface area (Å²) >= 11 is 1.69. The number of nitrogens with zero attached hydrogens (tertiary/aromatic N) is 1. The summed E-state index contributed by atoms with van der Waals surface area (Å²) in [7, 11) is 1.75. The summed E-state index contributed by atoms with van der Waals surface area (Å²) in [4.78, 5) is 5.19. The van der Waals surface area contributed by atoms with E-state index < -0.39 is 0 Å². The van der Waals surface area contributed by atoms with Crippen LogP contribution in [0.4, 0.5) is 4.39 Å². The highest BCUT2D eigenvalue weighted by molar-refractivity contribution is 14.0. The Labute approximate surface area is 135 Å². The lowest BCUT2D eigenvalue weighted by Gasteiger charge is -2.14. The van der Waals surface area contributed by atoms with Crippen LogP contribution in [0.3, 0.4) is 0 Å². The summed E-state index contributed by atoms with van der Waals surface area (Å²) in [6.45, 7) is 4.95. The second-order valence-electron chi connectivity index (χ2n) is 4.10. The summed E-state index contributed by atoms with van der Waals surface area (Å²) in [6.07, 6.45) is 0. The van der Waals surface area contributed by atoms with Gasteiger partial charge >= 0.3 is 0 Å². The van der Waals surface area contributed by atoms with Crippen molar-refractivity contribution in [3.63, 3.8) is 0 Å². The summed E-state index contributed by atoms with van der Waals surface area (Å²) < 4.78 is 12.7. The number of rotatable bonds is 5. The van der Waals surface area contributed by atoms with Gasteiger partial charge in [-0.25, -0.2) is 4.39 Å². The molecule has 0 radical (unpaired) electrons. The summed E-state index contributed by atoms with van der Waals surface area (Å²) in [6, 6.07) is 6.91. The van der Waals surface area contributed by atoms with Crippen molar-refractivity contribution in [1.29, 1.82) is 0 Å². The van der Waals surface area contributed by atoms with Gasteiger partial charge in [0.1, 0.15) is 5.82 Å². The highest BCUT2D eigenvalue weighted by Gasteiger charge is 1.99. The Morgan fingerprint density at radius 2 is 1.95 bits per heavy atom. The number of hydrogen-bond acceptors (Lipinski definition) is 2. The van der Waals surface area contributed by atoms with Gasteiger partial charge in [-0.05, 0) is 38.1 Å². The van der Waals surface area contributed by atoms with Crippen molar-refractivity contribution in [2.45, 2.75) is 24.8 Å². The van der Waals surface area contributed by atoms with Gasteiger partial charge in [0.15, 0.2) is 5.96 Å². The fourth-order valence-corrected chi connectivity index (χ4v) is 2.11. The van der Waals surface area contributed by atoms with Crippen LogP contribution in [0.2, 0.25) is 0 Å². The van der Waals surface area contributed by atoms with Gasteiger partial charge in [-0.2, -0.15) is 0 Å². The molecule has 0 fully saturated rings. The van der Waals surface area contributed by atoms with Crippen molar-refractivity contribution in [2.24, 2.45) is 4.99 Å². The number of aliphatic imine (C=N–C) groups is 1. The Morgan fingerprint density at radius 3 is 2.47 bits per heavy atom. The van der Waals surface area contributed by atoms with Gasteiger partial charge < -0.3 is 10.6 Å². The molecule has 3 nitrogen and oxygen atoms in total. The van der Waals surface area contributed by atoms with Crippen molar-refractivity contribution >= 4 is 41.7 Å². The minimum atomic E-state index is -0.195. The monoisotopic (exact) mass is 397 g/mol. The maximum atomic E-state index is 12.7. The molecule has 0 unspecified atom stereocenters. The van der Waals surface area contributed by atoms with Crippen molar-refractivity contribution in [3.8, 4) is 0 Å². The Kier molecular flexibility index (Phi) is 10.0. The smallest absolute Gasteiger partial charge is 0.191 e. The zero-order valence-corrected chi connectivity index (χ0v) is 14.6. The summed E-state index contributed by atoms with van der Waals surface area (Å²) in [5.74, 6) is 1.52. The molecule has 0 aliphatic heterocycles. The second kappa shape index (κ2) is 10.3. The molecule has 108 valence electrons. The van der Waals surface area contributed by atoms with Gasteiger partial charge in [-0.3, -0.25) is 4.99 Å². The third-order valence-corrected chi connectivity index (χ3v) is 3.14. The number of hydrogen-bond donors (Lipinski definition) is 2. The van der Waals surface area contributed by atoms with Gasteiger partial charge in [0.2, 0.25) is 0 Å². The zero-order valence-electron chi connectivity index (χ0n) is 11.4. The molecule has 1 aromatic carbocycles. The molecule has 1 rings (SSSR count). The lowest BCUT2D eigenvalue weighted by Crippen LogP contribution is -2.41. The number of guanidine groups is 1. The molecule has 1 aromatic rings. The quantitative estimate of drug-likeness (QED) is 0.264.